The first kappa shape index (κ1) is 23.3. The molecule has 30 heavy (non-hydrogen) atoms. The molecule has 0 aromatic heterocycles. The zero-order valence-corrected chi connectivity index (χ0v) is 17.0. The third-order valence-electron chi connectivity index (χ3n) is 4.38. The van der Waals surface area contributed by atoms with Crippen LogP contribution in [0.4, 0.5) is 13.2 Å². The monoisotopic (exact) mass is 422 g/mol. The Bertz CT molecular complexity index is 865. The molecule has 0 saturated heterocycles. The van der Waals surface area contributed by atoms with E-state index in [1.54, 1.807) is 38.1 Å². The highest BCUT2D eigenvalue weighted by atomic mass is 19.4. The summed E-state index contributed by atoms with van der Waals surface area (Å²) in [5, 5.41) is 5.28. The van der Waals surface area contributed by atoms with E-state index in [4.69, 9.17) is 4.74 Å². The predicted molar refractivity (Wildman–Crippen MR) is 107 cm³/mol. The van der Waals surface area contributed by atoms with Crippen LogP contribution in [0.15, 0.2) is 48.5 Å². The molecule has 5 nitrogen and oxygen atoms in total. The Morgan fingerprint density at radius 1 is 1.07 bits per heavy atom. The summed E-state index contributed by atoms with van der Waals surface area (Å²) in [6, 6.07) is 10.4. The lowest BCUT2D eigenvalue weighted by molar-refractivity contribution is -0.137. The lowest BCUT2D eigenvalue weighted by atomic mass is 10.0. The second-order valence-corrected chi connectivity index (χ2v) is 7.07. The van der Waals surface area contributed by atoms with E-state index in [9.17, 15) is 22.8 Å². The van der Waals surface area contributed by atoms with E-state index < -0.39 is 29.6 Å². The van der Waals surface area contributed by atoms with Crippen LogP contribution in [-0.2, 0) is 17.5 Å². The van der Waals surface area contributed by atoms with Gasteiger partial charge >= 0.3 is 6.18 Å². The van der Waals surface area contributed by atoms with Crippen molar-refractivity contribution in [3.63, 3.8) is 0 Å². The van der Waals surface area contributed by atoms with Gasteiger partial charge in [-0.15, -0.1) is 0 Å². The van der Waals surface area contributed by atoms with E-state index in [-0.39, 0.29) is 12.5 Å². The third kappa shape index (κ3) is 6.50. The van der Waals surface area contributed by atoms with Gasteiger partial charge in [0.05, 0.1) is 12.2 Å². The van der Waals surface area contributed by atoms with Crippen molar-refractivity contribution in [2.45, 2.75) is 39.5 Å². The van der Waals surface area contributed by atoms with E-state index in [0.29, 0.717) is 23.5 Å². The number of hydrogen-bond acceptors (Lipinski definition) is 3. The van der Waals surface area contributed by atoms with Crippen molar-refractivity contribution in [2.75, 3.05) is 6.61 Å². The number of ether oxygens (including phenoxy) is 1. The Labute approximate surface area is 173 Å². The molecule has 2 amide bonds. The van der Waals surface area contributed by atoms with Gasteiger partial charge in [-0.05, 0) is 54.8 Å². The van der Waals surface area contributed by atoms with Gasteiger partial charge in [0.2, 0.25) is 5.91 Å². The minimum absolute atomic E-state index is 0.0785. The molecular formula is C22H25F3N2O3. The van der Waals surface area contributed by atoms with Crippen molar-refractivity contribution < 1.29 is 27.5 Å². The predicted octanol–water partition coefficient (Wildman–Crippen LogP) is 4.17. The third-order valence-corrected chi connectivity index (χ3v) is 4.38. The highest BCUT2D eigenvalue weighted by Crippen LogP contribution is 2.29. The number of alkyl halides is 3. The van der Waals surface area contributed by atoms with Crippen LogP contribution in [0.2, 0.25) is 0 Å². The molecule has 0 bridgehead atoms. The first-order valence-corrected chi connectivity index (χ1v) is 9.59. The maximum atomic E-state index is 12.8. The van der Waals surface area contributed by atoms with Crippen LogP contribution in [0.25, 0.3) is 0 Å². The van der Waals surface area contributed by atoms with Gasteiger partial charge < -0.3 is 15.4 Å². The quantitative estimate of drug-likeness (QED) is 0.671. The molecular weight excluding hydrogens is 397 g/mol. The number of carbonyl (C=O) groups is 2. The number of carbonyl (C=O) groups excluding carboxylic acids is 2. The SMILES string of the molecule is CCOc1ccc(C(=O)N[C@H](C(=O)NCc2cccc(C(F)(F)F)c2)C(C)C)cc1. The Morgan fingerprint density at radius 3 is 2.30 bits per heavy atom. The zero-order valence-electron chi connectivity index (χ0n) is 17.0. The molecule has 162 valence electrons. The fourth-order valence-electron chi connectivity index (χ4n) is 2.79. The van der Waals surface area contributed by atoms with Crippen molar-refractivity contribution in [2.24, 2.45) is 5.92 Å². The van der Waals surface area contributed by atoms with E-state index in [2.05, 4.69) is 10.6 Å². The van der Waals surface area contributed by atoms with Crippen molar-refractivity contribution in [3.05, 3.63) is 65.2 Å². The Hall–Kier alpha value is -3.03. The smallest absolute Gasteiger partial charge is 0.416 e. The topological polar surface area (TPSA) is 67.4 Å². The van der Waals surface area contributed by atoms with Crippen LogP contribution in [0.5, 0.6) is 5.75 Å². The van der Waals surface area contributed by atoms with E-state index in [0.717, 1.165) is 12.1 Å². The molecule has 0 saturated carbocycles. The van der Waals surface area contributed by atoms with Gasteiger partial charge in [0.15, 0.2) is 0 Å². The van der Waals surface area contributed by atoms with Gasteiger partial charge in [-0.1, -0.05) is 26.0 Å². The summed E-state index contributed by atoms with van der Waals surface area (Å²) in [5.74, 6) is -0.487. The van der Waals surface area contributed by atoms with Crippen molar-refractivity contribution in [1.29, 1.82) is 0 Å². The number of halogens is 3. The summed E-state index contributed by atoms with van der Waals surface area (Å²) in [6.07, 6.45) is -4.45. The lowest BCUT2D eigenvalue weighted by Gasteiger charge is -2.22. The zero-order chi connectivity index (χ0) is 22.3. The molecule has 0 aliphatic rings. The molecule has 0 aliphatic carbocycles. The summed E-state index contributed by atoms with van der Waals surface area (Å²) in [6.45, 7) is 5.82. The second-order valence-electron chi connectivity index (χ2n) is 7.07. The van der Waals surface area contributed by atoms with Crippen molar-refractivity contribution in [1.82, 2.24) is 10.6 Å². The van der Waals surface area contributed by atoms with Crippen LogP contribution in [0.3, 0.4) is 0 Å². The number of nitrogens with one attached hydrogen (secondary N) is 2. The van der Waals surface area contributed by atoms with Crippen LogP contribution < -0.4 is 15.4 Å². The van der Waals surface area contributed by atoms with Gasteiger partial charge in [0, 0.05) is 12.1 Å². The van der Waals surface area contributed by atoms with Gasteiger partial charge in [0.25, 0.3) is 5.91 Å². The molecule has 0 radical (unpaired) electrons. The first-order valence-electron chi connectivity index (χ1n) is 9.59. The average molecular weight is 422 g/mol. The van der Waals surface area contributed by atoms with Gasteiger partial charge in [0.1, 0.15) is 11.8 Å². The fraction of sp³-hybridized carbons (Fsp3) is 0.364. The van der Waals surface area contributed by atoms with E-state index in [1.165, 1.54) is 12.1 Å². The van der Waals surface area contributed by atoms with Gasteiger partial charge in [-0.3, -0.25) is 9.59 Å². The number of amides is 2. The number of hydrogen-bond donors (Lipinski definition) is 2. The summed E-state index contributed by atoms with van der Waals surface area (Å²) in [5.41, 5.74) is -0.0910. The molecule has 0 fully saturated rings. The van der Waals surface area contributed by atoms with Crippen LogP contribution >= 0.6 is 0 Å². The molecule has 1 atom stereocenters. The molecule has 2 aromatic carbocycles. The van der Waals surface area contributed by atoms with Crippen LogP contribution in [-0.4, -0.2) is 24.5 Å². The van der Waals surface area contributed by atoms with E-state index >= 15 is 0 Å². The molecule has 0 unspecified atom stereocenters. The summed E-state index contributed by atoms with van der Waals surface area (Å²) in [4.78, 5) is 25.1. The van der Waals surface area contributed by atoms with Gasteiger partial charge in [-0.2, -0.15) is 13.2 Å². The minimum Gasteiger partial charge on any atom is -0.494 e. The Kier molecular flexibility index (Phi) is 7.86. The fourth-order valence-corrected chi connectivity index (χ4v) is 2.79. The molecule has 2 N–H and O–H groups in total. The number of benzene rings is 2. The van der Waals surface area contributed by atoms with Crippen molar-refractivity contribution >= 4 is 11.8 Å². The lowest BCUT2D eigenvalue weighted by Crippen LogP contribution is -2.49. The number of rotatable bonds is 8. The molecule has 8 heteroatoms. The standard InChI is InChI=1S/C22H25F3N2O3/c1-4-30-18-10-8-16(9-11-18)20(28)27-19(14(2)3)21(29)26-13-15-6-5-7-17(12-15)22(23,24)25/h5-12,14,19H,4,13H2,1-3H3,(H,26,29)(H,27,28)/t19-/m0/s1. The summed E-state index contributed by atoms with van der Waals surface area (Å²) in [7, 11) is 0. The molecule has 2 rings (SSSR count). The van der Waals surface area contributed by atoms with E-state index in [1.807, 2.05) is 6.92 Å². The Morgan fingerprint density at radius 2 is 1.73 bits per heavy atom. The van der Waals surface area contributed by atoms with Crippen molar-refractivity contribution in [3.8, 4) is 5.75 Å². The summed E-state index contributed by atoms with van der Waals surface area (Å²) < 4.78 is 43.8. The average Bonchev–Trinajstić information content (AvgIpc) is 2.70. The second kappa shape index (κ2) is 10.1. The molecule has 0 heterocycles. The first-order chi connectivity index (χ1) is 14.1. The molecule has 0 spiro atoms. The normalized spacial score (nSPS) is 12.4. The van der Waals surface area contributed by atoms with Gasteiger partial charge in [-0.25, -0.2) is 0 Å². The van der Waals surface area contributed by atoms with Crippen LogP contribution in [0, 0.1) is 5.92 Å². The van der Waals surface area contributed by atoms with Crippen LogP contribution in [0.1, 0.15) is 42.3 Å². The summed E-state index contributed by atoms with van der Waals surface area (Å²) >= 11 is 0. The maximum absolute atomic E-state index is 12.8. The largest absolute Gasteiger partial charge is 0.494 e. The molecule has 2 aromatic rings. The molecule has 0 aliphatic heterocycles. The highest BCUT2D eigenvalue weighted by molar-refractivity contribution is 5.97. The maximum Gasteiger partial charge on any atom is 0.416 e. The Balaban J connectivity index is 2.01. The minimum atomic E-state index is -4.45. The highest BCUT2D eigenvalue weighted by Gasteiger charge is 2.30.